The van der Waals surface area contributed by atoms with Crippen molar-refractivity contribution < 1.29 is 19.0 Å². The van der Waals surface area contributed by atoms with E-state index >= 15 is 0 Å². The van der Waals surface area contributed by atoms with E-state index in [1.165, 1.54) is 12.8 Å². The minimum absolute atomic E-state index is 0.232. The van der Waals surface area contributed by atoms with Gasteiger partial charge in [0.1, 0.15) is 23.0 Å². The molecule has 5 aromatic rings. The Bertz CT molecular complexity index is 1860. The van der Waals surface area contributed by atoms with Gasteiger partial charge in [0, 0.05) is 55.4 Å². The Morgan fingerprint density at radius 2 is 1.78 bits per heavy atom. The normalized spacial score (nSPS) is 19.2. The van der Waals surface area contributed by atoms with Gasteiger partial charge < -0.3 is 24.1 Å². The number of aryl methyl sites for hydroxylation is 2. The van der Waals surface area contributed by atoms with E-state index in [0.29, 0.717) is 29.1 Å². The molecule has 0 unspecified atom stereocenters. The zero-order valence-corrected chi connectivity index (χ0v) is 26.4. The van der Waals surface area contributed by atoms with Crippen molar-refractivity contribution in [1.82, 2.24) is 23.8 Å². The number of rotatable bonds is 7. The molecule has 0 atom stereocenters. The number of amides is 1. The SMILES string of the molecule is COc1cc(-c2nc(C3CCC(N4CCOCC4)CC3)n3ccnc(C)c23)ccc1NC(=O)c1cc2c(OC)cccc2n1C. The van der Waals surface area contributed by atoms with Crippen LogP contribution in [0.1, 0.15) is 53.6 Å². The molecule has 234 valence electrons. The lowest BCUT2D eigenvalue weighted by molar-refractivity contribution is 0.00710. The van der Waals surface area contributed by atoms with E-state index in [1.54, 1.807) is 14.2 Å². The summed E-state index contributed by atoms with van der Waals surface area (Å²) in [5.74, 6) is 2.53. The fourth-order valence-corrected chi connectivity index (χ4v) is 7.21. The lowest BCUT2D eigenvalue weighted by Gasteiger charge is -2.38. The van der Waals surface area contributed by atoms with Crippen LogP contribution in [-0.2, 0) is 11.8 Å². The van der Waals surface area contributed by atoms with Crippen molar-refractivity contribution >= 4 is 28.0 Å². The molecule has 2 fully saturated rings. The van der Waals surface area contributed by atoms with Gasteiger partial charge in [-0.15, -0.1) is 0 Å². The molecule has 1 saturated heterocycles. The van der Waals surface area contributed by atoms with Crippen molar-refractivity contribution in [3.63, 3.8) is 0 Å². The zero-order chi connectivity index (χ0) is 31.1. The highest BCUT2D eigenvalue weighted by Gasteiger charge is 2.31. The van der Waals surface area contributed by atoms with Gasteiger partial charge in [0.2, 0.25) is 0 Å². The number of hydrogen-bond acceptors (Lipinski definition) is 7. The van der Waals surface area contributed by atoms with E-state index in [0.717, 1.165) is 84.1 Å². The molecule has 2 aliphatic rings. The van der Waals surface area contributed by atoms with Crippen molar-refractivity contribution in [1.29, 1.82) is 0 Å². The molecule has 1 N–H and O–H groups in total. The maximum atomic E-state index is 13.5. The summed E-state index contributed by atoms with van der Waals surface area (Å²) in [5, 5.41) is 3.94. The Kier molecular flexibility index (Phi) is 7.93. The highest BCUT2D eigenvalue weighted by molar-refractivity contribution is 6.08. The Hall–Kier alpha value is -4.41. The van der Waals surface area contributed by atoms with E-state index in [-0.39, 0.29) is 5.91 Å². The molecule has 10 heteroatoms. The van der Waals surface area contributed by atoms with Crippen molar-refractivity contribution in [2.45, 2.75) is 44.6 Å². The van der Waals surface area contributed by atoms with Gasteiger partial charge >= 0.3 is 0 Å². The summed E-state index contributed by atoms with van der Waals surface area (Å²) < 4.78 is 21.0. The molecule has 0 bridgehead atoms. The summed E-state index contributed by atoms with van der Waals surface area (Å²) in [6, 6.07) is 14.1. The van der Waals surface area contributed by atoms with Crippen LogP contribution in [0, 0.1) is 6.92 Å². The topological polar surface area (TPSA) is 95.2 Å². The molecule has 4 heterocycles. The number of nitrogens with zero attached hydrogens (tertiary/aromatic N) is 5. The highest BCUT2D eigenvalue weighted by atomic mass is 16.5. The van der Waals surface area contributed by atoms with Crippen LogP contribution < -0.4 is 14.8 Å². The van der Waals surface area contributed by atoms with Gasteiger partial charge in [-0.2, -0.15) is 0 Å². The van der Waals surface area contributed by atoms with E-state index < -0.39 is 0 Å². The Balaban J connectivity index is 1.17. The number of anilines is 1. The number of morpholine rings is 1. The third-order valence-corrected chi connectivity index (χ3v) is 9.61. The summed E-state index contributed by atoms with van der Waals surface area (Å²) in [6.45, 7) is 5.77. The first-order valence-electron chi connectivity index (χ1n) is 15.7. The number of carbonyl (C=O) groups excluding carboxylic acids is 1. The fourth-order valence-electron chi connectivity index (χ4n) is 7.21. The van der Waals surface area contributed by atoms with E-state index in [4.69, 9.17) is 19.2 Å². The van der Waals surface area contributed by atoms with Crippen LogP contribution in [0.15, 0.2) is 54.9 Å². The summed E-state index contributed by atoms with van der Waals surface area (Å²) in [7, 11) is 5.13. The zero-order valence-electron chi connectivity index (χ0n) is 26.4. The number of methoxy groups -OCH3 is 2. The van der Waals surface area contributed by atoms with Gasteiger partial charge in [0.25, 0.3) is 5.91 Å². The summed E-state index contributed by atoms with van der Waals surface area (Å²) >= 11 is 0. The Labute approximate surface area is 262 Å². The minimum Gasteiger partial charge on any atom is -0.496 e. The first kappa shape index (κ1) is 29.3. The number of nitrogens with one attached hydrogen (secondary N) is 1. The second kappa shape index (κ2) is 12.2. The molecule has 10 nitrogen and oxygen atoms in total. The highest BCUT2D eigenvalue weighted by Crippen LogP contribution is 2.39. The van der Waals surface area contributed by atoms with Crippen LogP contribution in [-0.4, -0.2) is 76.3 Å². The van der Waals surface area contributed by atoms with Crippen molar-refractivity contribution in [2.75, 3.05) is 45.8 Å². The van der Waals surface area contributed by atoms with E-state index in [1.807, 2.05) is 73.4 Å². The lowest BCUT2D eigenvalue weighted by Crippen LogP contribution is -2.44. The summed E-state index contributed by atoms with van der Waals surface area (Å²) in [5.41, 5.74) is 5.76. The fraction of sp³-hybridized carbons (Fsp3) is 0.400. The van der Waals surface area contributed by atoms with Crippen LogP contribution in [0.4, 0.5) is 5.69 Å². The van der Waals surface area contributed by atoms with Gasteiger partial charge in [-0.05, 0) is 62.9 Å². The van der Waals surface area contributed by atoms with Crippen molar-refractivity contribution in [2.24, 2.45) is 7.05 Å². The van der Waals surface area contributed by atoms with Crippen LogP contribution in [0.3, 0.4) is 0 Å². The molecule has 45 heavy (non-hydrogen) atoms. The van der Waals surface area contributed by atoms with Gasteiger partial charge in [-0.25, -0.2) is 4.98 Å². The number of ether oxygens (including phenoxy) is 3. The third kappa shape index (κ3) is 5.32. The second-order valence-corrected chi connectivity index (χ2v) is 12.1. The third-order valence-electron chi connectivity index (χ3n) is 9.61. The number of fused-ring (bicyclic) bond motifs is 2. The molecular formula is C35H40N6O4. The molecule has 0 spiro atoms. The molecule has 1 saturated carbocycles. The maximum Gasteiger partial charge on any atom is 0.272 e. The quantitative estimate of drug-likeness (QED) is 0.249. The van der Waals surface area contributed by atoms with Gasteiger partial charge in [0.05, 0.1) is 55.5 Å². The average Bonchev–Trinajstić information content (AvgIpc) is 3.64. The largest absolute Gasteiger partial charge is 0.496 e. The average molecular weight is 609 g/mol. The number of imidazole rings is 1. The molecular weight excluding hydrogens is 568 g/mol. The van der Waals surface area contributed by atoms with Crippen LogP contribution in [0.2, 0.25) is 0 Å². The molecule has 1 amide bonds. The van der Waals surface area contributed by atoms with E-state index in [9.17, 15) is 4.79 Å². The Morgan fingerprint density at radius 1 is 1.00 bits per heavy atom. The smallest absolute Gasteiger partial charge is 0.272 e. The van der Waals surface area contributed by atoms with Crippen molar-refractivity contribution in [3.05, 3.63) is 72.1 Å². The lowest BCUT2D eigenvalue weighted by atomic mass is 9.84. The predicted molar refractivity (Wildman–Crippen MR) is 175 cm³/mol. The van der Waals surface area contributed by atoms with Gasteiger partial charge in [-0.3, -0.25) is 19.1 Å². The summed E-state index contributed by atoms with van der Waals surface area (Å²) in [4.78, 5) is 26.0. The maximum absolute atomic E-state index is 13.5. The van der Waals surface area contributed by atoms with Crippen LogP contribution in [0.25, 0.3) is 27.7 Å². The molecule has 2 aromatic carbocycles. The Morgan fingerprint density at radius 3 is 2.53 bits per heavy atom. The van der Waals surface area contributed by atoms with Crippen LogP contribution in [0.5, 0.6) is 11.5 Å². The summed E-state index contributed by atoms with van der Waals surface area (Å²) in [6.07, 6.45) is 8.45. The first-order chi connectivity index (χ1) is 22.0. The standard InChI is InChI=1S/C35H40N6O4/c1-22-33-32(38-34(41(33)15-14-36-22)23-8-11-25(12-9-23)40-16-18-45-19-17-40)24-10-13-27(31(20-24)44-4)37-35(42)29-21-26-28(39(29)2)6-5-7-30(26)43-3/h5-7,10,13-15,20-21,23,25H,8-9,11-12,16-19H2,1-4H3,(H,37,42). The van der Waals surface area contributed by atoms with Crippen LogP contribution >= 0.6 is 0 Å². The minimum atomic E-state index is -0.232. The van der Waals surface area contributed by atoms with Gasteiger partial charge in [0.15, 0.2) is 0 Å². The first-order valence-corrected chi connectivity index (χ1v) is 15.7. The second-order valence-electron chi connectivity index (χ2n) is 12.1. The molecule has 1 aliphatic heterocycles. The number of benzene rings is 2. The predicted octanol–water partition coefficient (Wildman–Crippen LogP) is 5.82. The van der Waals surface area contributed by atoms with Gasteiger partial charge in [-0.1, -0.05) is 12.1 Å². The molecule has 1 aliphatic carbocycles. The number of carbonyl (C=O) groups is 1. The molecule has 7 rings (SSSR count). The number of aromatic nitrogens is 4. The molecule has 3 aromatic heterocycles. The van der Waals surface area contributed by atoms with Crippen molar-refractivity contribution in [3.8, 4) is 22.8 Å². The molecule has 0 radical (unpaired) electrons. The van der Waals surface area contributed by atoms with E-state index in [2.05, 4.69) is 19.6 Å². The number of hydrogen-bond donors (Lipinski definition) is 1. The monoisotopic (exact) mass is 608 g/mol.